The van der Waals surface area contributed by atoms with Crippen molar-refractivity contribution in [2.45, 2.75) is 47.0 Å². The van der Waals surface area contributed by atoms with E-state index in [0.29, 0.717) is 12.8 Å². The van der Waals surface area contributed by atoms with E-state index < -0.39 is 0 Å². The molecule has 0 aliphatic rings. The highest BCUT2D eigenvalue weighted by molar-refractivity contribution is 6.01. The van der Waals surface area contributed by atoms with E-state index in [1.54, 1.807) is 13.8 Å². The summed E-state index contributed by atoms with van der Waals surface area (Å²) < 4.78 is 0. The van der Waals surface area contributed by atoms with Crippen molar-refractivity contribution < 1.29 is 9.59 Å². The molecular formula is C23H26N2O2. The summed E-state index contributed by atoms with van der Waals surface area (Å²) in [4.78, 5) is 31.2. The van der Waals surface area contributed by atoms with Crippen LogP contribution in [0, 0.1) is 0 Å². The molecule has 0 saturated heterocycles. The van der Waals surface area contributed by atoms with Crippen LogP contribution in [0.25, 0.3) is 0 Å². The third kappa shape index (κ3) is 7.48. The monoisotopic (exact) mass is 362 g/mol. The second-order valence-corrected chi connectivity index (χ2v) is 6.96. The molecule has 0 amide bonds. The first-order valence-electron chi connectivity index (χ1n) is 9.07. The van der Waals surface area contributed by atoms with Gasteiger partial charge in [0.05, 0.1) is 11.4 Å². The first kappa shape index (κ1) is 20.4. The number of carbonyl (C=O) groups is 2. The zero-order valence-corrected chi connectivity index (χ0v) is 16.5. The van der Waals surface area contributed by atoms with Crippen molar-refractivity contribution in [3.05, 3.63) is 59.7 Å². The van der Waals surface area contributed by atoms with Gasteiger partial charge in [-0.15, -0.1) is 0 Å². The number of Topliss-reactive ketones (excluding diaryl/α,β-unsaturated/α-hetero) is 2. The first-order valence-corrected chi connectivity index (χ1v) is 9.07. The molecule has 0 heterocycles. The molecule has 0 aromatic heterocycles. The van der Waals surface area contributed by atoms with Crippen LogP contribution in [0.1, 0.15) is 51.7 Å². The molecule has 0 atom stereocenters. The predicted octanol–water partition coefficient (Wildman–Crippen LogP) is 5.42. The number of ketones is 2. The van der Waals surface area contributed by atoms with Gasteiger partial charge in [-0.3, -0.25) is 19.6 Å². The minimum absolute atomic E-state index is 0.122. The van der Waals surface area contributed by atoms with E-state index in [9.17, 15) is 9.59 Å². The van der Waals surface area contributed by atoms with Crippen molar-refractivity contribution in [3.8, 4) is 0 Å². The summed E-state index contributed by atoms with van der Waals surface area (Å²) in [6.07, 6.45) is 1.61. The van der Waals surface area contributed by atoms with Gasteiger partial charge in [0.15, 0.2) is 0 Å². The molecule has 2 rings (SSSR count). The van der Waals surface area contributed by atoms with Gasteiger partial charge in [0.2, 0.25) is 0 Å². The number of rotatable bonds is 8. The maximum absolute atomic E-state index is 11.1. The molecular weight excluding hydrogens is 336 g/mol. The van der Waals surface area contributed by atoms with E-state index in [0.717, 1.165) is 29.2 Å². The Balaban J connectivity index is 2.01. The lowest BCUT2D eigenvalue weighted by Crippen LogP contribution is -1.99. The summed E-state index contributed by atoms with van der Waals surface area (Å²) in [5, 5.41) is 0. The third-order valence-corrected chi connectivity index (χ3v) is 3.93. The molecule has 27 heavy (non-hydrogen) atoms. The minimum atomic E-state index is 0.122. The fraction of sp³-hybridized carbons (Fsp3) is 0.304. The smallest absolute Gasteiger partial charge is 0.135 e. The number of aliphatic imine (C=N–C) groups is 2. The Hall–Kier alpha value is -2.88. The van der Waals surface area contributed by atoms with E-state index in [2.05, 4.69) is 34.3 Å². The van der Waals surface area contributed by atoms with Crippen molar-refractivity contribution in [2.24, 2.45) is 9.98 Å². The second kappa shape index (κ2) is 9.72. The summed E-state index contributed by atoms with van der Waals surface area (Å²) in [5.74, 6) is 0.245. The van der Waals surface area contributed by atoms with Crippen molar-refractivity contribution >= 4 is 34.4 Å². The quantitative estimate of drug-likeness (QED) is 0.589. The highest BCUT2D eigenvalue weighted by Crippen LogP contribution is 2.19. The Labute approximate surface area is 161 Å². The van der Waals surface area contributed by atoms with Gasteiger partial charge < -0.3 is 0 Å². The van der Waals surface area contributed by atoms with Gasteiger partial charge in [-0.25, -0.2) is 0 Å². The Bertz CT molecular complexity index is 787. The van der Waals surface area contributed by atoms with Gasteiger partial charge >= 0.3 is 0 Å². The molecule has 0 unspecified atom stereocenters. The predicted molar refractivity (Wildman–Crippen MR) is 112 cm³/mol. The van der Waals surface area contributed by atoms with Gasteiger partial charge in [-0.2, -0.15) is 0 Å². The molecule has 0 aliphatic carbocycles. The summed E-state index contributed by atoms with van der Waals surface area (Å²) in [6, 6.07) is 16.1. The van der Waals surface area contributed by atoms with Crippen LogP contribution < -0.4 is 0 Å². The normalized spacial score (nSPS) is 12.1. The zero-order chi connectivity index (χ0) is 19.8. The Kier molecular flexibility index (Phi) is 7.35. The van der Waals surface area contributed by atoms with Crippen LogP contribution in [0.5, 0.6) is 0 Å². The van der Waals surface area contributed by atoms with E-state index in [4.69, 9.17) is 0 Å². The van der Waals surface area contributed by atoms with Crippen LogP contribution in [-0.4, -0.2) is 23.0 Å². The number of carbonyl (C=O) groups excluding carboxylic acids is 2. The molecule has 0 fully saturated rings. The average Bonchev–Trinajstić information content (AvgIpc) is 2.57. The molecule has 2 aromatic carbocycles. The first-order chi connectivity index (χ1) is 12.8. The number of benzene rings is 2. The highest BCUT2D eigenvalue weighted by atomic mass is 16.1. The molecule has 0 spiro atoms. The highest BCUT2D eigenvalue weighted by Gasteiger charge is 2.01. The van der Waals surface area contributed by atoms with Crippen LogP contribution in [0.4, 0.5) is 11.4 Å². The van der Waals surface area contributed by atoms with Crippen LogP contribution in [0.2, 0.25) is 0 Å². The van der Waals surface area contributed by atoms with Crippen molar-refractivity contribution in [1.82, 2.24) is 0 Å². The summed E-state index contributed by atoms with van der Waals surface area (Å²) in [7, 11) is 0. The van der Waals surface area contributed by atoms with Crippen molar-refractivity contribution in [1.29, 1.82) is 0 Å². The molecule has 0 aliphatic heterocycles. The van der Waals surface area contributed by atoms with E-state index >= 15 is 0 Å². The van der Waals surface area contributed by atoms with Crippen molar-refractivity contribution in [2.75, 3.05) is 0 Å². The SMILES string of the molecule is CC(=O)CC(C)=Nc1ccc(Cc2ccc(N=C(C)CC(C)=O)cc2)cc1. The number of hydrogen-bond acceptors (Lipinski definition) is 4. The number of hydrogen-bond donors (Lipinski definition) is 0. The lowest BCUT2D eigenvalue weighted by molar-refractivity contribution is -0.116. The second-order valence-electron chi connectivity index (χ2n) is 6.96. The Morgan fingerprint density at radius 1 is 0.630 bits per heavy atom. The molecule has 0 saturated carbocycles. The largest absolute Gasteiger partial charge is 0.300 e. The summed E-state index contributed by atoms with van der Waals surface area (Å²) >= 11 is 0. The molecule has 4 heteroatoms. The van der Waals surface area contributed by atoms with Gasteiger partial charge in [-0.05, 0) is 69.5 Å². The van der Waals surface area contributed by atoms with Crippen LogP contribution in [0.3, 0.4) is 0 Å². The lowest BCUT2D eigenvalue weighted by Gasteiger charge is -2.05. The fourth-order valence-electron chi connectivity index (χ4n) is 2.85. The van der Waals surface area contributed by atoms with E-state index in [-0.39, 0.29) is 11.6 Å². The zero-order valence-electron chi connectivity index (χ0n) is 16.5. The van der Waals surface area contributed by atoms with E-state index in [1.165, 1.54) is 11.1 Å². The third-order valence-electron chi connectivity index (χ3n) is 3.93. The molecule has 0 radical (unpaired) electrons. The molecule has 0 bridgehead atoms. The molecule has 140 valence electrons. The van der Waals surface area contributed by atoms with Gasteiger partial charge in [0.1, 0.15) is 11.6 Å². The fourth-order valence-corrected chi connectivity index (χ4v) is 2.85. The Morgan fingerprint density at radius 3 is 1.26 bits per heavy atom. The Morgan fingerprint density at radius 2 is 0.963 bits per heavy atom. The summed E-state index contributed by atoms with van der Waals surface area (Å²) in [5.41, 5.74) is 5.77. The van der Waals surface area contributed by atoms with Crippen LogP contribution in [0.15, 0.2) is 58.5 Å². The average molecular weight is 362 g/mol. The summed E-state index contributed by atoms with van der Waals surface area (Å²) in [6.45, 7) is 6.89. The number of nitrogens with zero attached hydrogens (tertiary/aromatic N) is 2. The molecule has 2 aromatic rings. The molecule has 0 N–H and O–H groups in total. The molecule has 4 nitrogen and oxygen atoms in total. The minimum Gasteiger partial charge on any atom is -0.300 e. The standard InChI is InChI=1S/C23H26N2O2/c1-16(13-18(3)26)24-22-9-5-20(6-10-22)15-21-7-11-23(12-8-21)25-17(2)14-19(4)27/h5-12H,13-15H2,1-4H3. The van der Waals surface area contributed by atoms with Gasteiger partial charge in [0, 0.05) is 24.3 Å². The maximum atomic E-state index is 11.1. The lowest BCUT2D eigenvalue weighted by atomic mass is 10.0. The van der Waals surface area contributed by atoms with Crippen LogP contribution in [-0.2, 0) is 16.0 Å². The topological polar surface area (TPSA) is 58.9 Å². The van der Waals surface area contributed by atoms with Crippen molar-refractivity contribution in [3.63, 3.8) is 0 Å². The van der Waals surface area contributed by atoms with E-state index in [1.807, 2.05) is 38.1 Å². The van der Waals surface area contributed by atoms with Gasteiger partial charge in [0.25, 0.3) is 0 Å². The van der Waals surface area contributed by atoms with Crippen LogP contribution >= 0.6 is 0 Å². The maximum Gasteiger partial charge on any atom is 0.135 e. The van der Waals surface area contributed by atoms with Gasteiger partial charge in [-0.1, -0.05) is 24.3 Å².